The van der Waals surface area contributed by atoms with E-state index in [1.807, 2.05) is 25.9 Å². The van der Waals surface area contributed by atoms with Crippen LogP contribution in [-0.2, 0) is 10.0 Å². The predicted octanol–water partition coefficient (Wildman–Crippen LogP) is 0.915. The molecule has 0 amide bonds. The van der Waals surface area contributed by atoms with Crippen LogP contribution in [0.2, 0.25) is 0 Å². The maximum atomic E-state index is 11.9. The average Bonchev–Trinajstić information content (AvgIpc) is 2.16. The molecule has 1 unspecified atom stereocenters. The molecule has 1 aromatic rings. The van der Waals surface area contributed by atoms with E-state index < -0.39 is 10.0 Å². The van der Waals surface area contributed by atoms with E-state index in [1.165, 1.54) is 0 Å². The molecule has 0 aromatic heterocycles. The van der Waals surface area contributed by atoms with Crippen molar-refractivity contribution in [1.29, 1.82) is 0 Å². The summed E-state index contributed by atoms with van der Waals surface area (Å²) in [6.07, 6.45) is 0. The summed E-state index contributed by atoms with van der Waals surface area (Å²) in [7, 11) is 0.438. The second-order valence-corrected chi connectivity index (χ2v) is 5.81. The minimum Gasteiger partial charge on any atom is -0.308 e. The fourth-order valence-electron chi connectivity index (χ4n) is 1.52. The Kier molecular flexibility index (Phi) is 4.46. The minimum atomic E-state index is -3.38. The third-order valence-electron chi connectivity index (χ3n) is 2.05. The van der Waals surface area contributed by atoms with E-state index in [1.54, 1.807) is 30.3 Å². The lowest BCUT2D eigenvalue weighted by Crippen LogP contribution is -2.39. The highest BCUT2D eigenvalue weighted by molar-refractivity contribution is 7.89. The third kappa shape index (κ3) is 3.92. The van der Waals surface area contributed by atoms with Gasteiger partial charge in [0.05, 0.1) is 4.90 Å². The molecule has 90 valence electrons. The first kappa shape index (κ1) is 13.2. The summed E-state index contributed by atoms with van der Waals surface area (Å²) in [6, 6.07) is 8.29. The monoisotopic (exact) mass is 242 g/mol. The van der Waals surface area contributed by atoms with Crippen molar-refractivity contribution in [2.45, 2.75) is 17.9 Å². The van der Waals surface area contributed by atoms with Gasteiger partial charge in [-0.25, -0.2) is 13.1 Å². The Hall–Kier alpha value is -0.910. The summed E-state index contributed by atoms with van der Waals surface area (Å²) >= 11 is 0. The van der Waals surface area contributed by atoms with Gasteiger partial charge in [-0.1, -0.05) is 18.2 Å². The molecule has 0 fully saturated rings. The lowest BCUT2D eigenvalue weighted by Gasteiger charge is -2.18. The van der Waals surface area contributed by atoms with Crippen molar-refractivity contribution >= 4 is 10.0 Å². The molecule has 0 aliphatic rings. The van der Waals surface area contributed by atoms with E-state index in [2.05, 4.69) is 4.72 Å². The molecule has 4 nitrogen and oxygen atoms in total. The van der Waals surface area contributed by atoms with Gasteiger partial charge in [-0.05, 0) is 33.2 Å². The molecule has 1 N–H and O–H groups in total. The molecule has 0 heterocycles. The van der Waals surface area contributed by atoms with Gasteiger partial charge in [-0.3, -0.25) is 0 Å². The molecular formula is C11H18N2O2S. The number of nitrogens with zero attached hydrogens (tertiary/aromatic N) is 1. The Balaban J connectivity index is 2.73. The van der Waals surface area contributed by atoms with Crippen molar-refractivity contribution in [3.63, 3.8) is 0 Å². The van der Waals surface area contributed by atoms with E-state index in [4.69, 9.17) is 0 Å². The topological polar surface area (TPSA) is 49.4 Å². The zero-order valence-electron chi connectivity index (χ0n) is 9.84. The molecule has 0 saturated heterocycles. The molecule has 0 aliphatic carbocycles. The predicted molar refractivity (Wildman–Crippen MR) is 64.8 cm³/mol. The maximum Gasteiger partial charge on any atom is 0.240 e. The number of rotatable bonds is 5. The molecule has 0 spiro atoms. The number of hydrogen-bond acceptors (Lipinski definition) is 3. The average molecular weight is 242 g/mol. The fourth-order valence-corrected chi connectivity index (χ4v) is 2.77. The van der Waals surface area contributed by atoms with Gasteiger partial charge in [-0.15, -0.1) is 0 Å². The van der Waals surface area contributed by atoms with Crippen molar-refractivity contribution in [3.8, 4) is 0 Å². The van der Waals surface area contributed by atoms with E-state index in [9.17, 15) is 8.42 Å². The molecule has 0 saturated carbocycles. The van der Waals surface area contributed by atoms with Crippen LogP contribution in [0.15, 0.2) is 35.2 Å². The summed E-state index contributed by atoms with van der Waals surface area (Å²) in [5.41, 5.74) is 0. The van der Waals surface area contributed by atoms with Gasteiger partial charge < -0.3 is 4.90 Å². The van der Waals surface area contributed by atoms with Gasteiger partial charge in [0, 0.05) is 12.6 Å². The molecule has 0 radical (unpaired) electrons. The standard InChI is InChI=1S/C11H18N2O2S/c1-10(9-13(2)3)12-16(14,15)11-7-5-4-6-8-11/h4-8,10,12H,9H2,1-3H3. The lowest BCUT2D eigenvalue weighted by molar-refractivity contribution is 0.370. The number of likely N-dealkylation sites (N-methyl/N-ethyl adjacent to an activating group) is 1. The Morgan fingerprint density at radius 1 is 1.25 bits per heavy atom. The minimum absolute atomic E-state index is 0.111. The van der Waals surface area contributed by atoms with Gasteiger partial charge >= 0.3 is 0 Å². The normalized spacial score (nSPS) is 14.0. The molecule has 0 bridgehead atoms. The van der Waals surface area contributed by atoms with Crippen molar-refractivity contribution in [2.75, 3.05) is 20.6 Å². The Labute approximate surface area is 97.3 Å². The van der Waals surface area contributed by atoms with Crippen molar-refractivity contribution in [3.05, 3.63) is 30.3 Å². The van der Waals surface area contributed by atoms with Gasteiger partial charge in [-0.2, -0.15) is 0 Å². The lowest BCUT2D eigenvalue weighted by atomic mass is 10.3. The summed E-state index contributed by atoms with van der Waals surface area (Å²) in [5.74, 6) is 0. The molecule has 0 aliphatic heterocycles. The summed E-state index contributed by atoms with van der Waals surface area (Å²) in [5, 5.41) is 0. The number of sulfonamides is 1. The second kappa shape index (κ2) is 5.43. The van der Waals surface area contributed by atoms with Crippen LogP contribution < -0.4 is 4.72 Å². The molecule has 1 atom stereocenters. The molecule has 16 heavy (non-hydrogen) atoms. The zero-order chi connectivity index (χ0) is 12.2. The van der Waals surface area contributed by atoms with E-state index in [0.29, 0.717) is 11.4 Å². The van der Waals surface area contributed by atoms with Crippen LogP contribution in [-0.4, -0.2) is 40.0 Å². The molecular weight excluding hydrogens is 224 g/mol. The van der Waals surface area contributed by atoms with Gasteiger partial charge in [0.1, 0.15) is 0 Å². The van der Waals surface area contributed by atoms with Crippen LogP contribution in [0.5, 0.6) is 0 Å². The van der Waals surface area contributed by atoms with Crippen molar-refractivity contribution in [1.82, 2.24) is 9.62 Å². The van der Waals surface area contributed by atoms with Crippen LogP contribution in [0.4, 0.5) is 0 Å². The third-order valence-corrected chi connectivity index (χ3v) is 3.65. The number of benzene rings is 1. The summed E-state index contributed by atoms with van der Waals surface area (Å²) < 4.78 is 26.4. The van der Waals surface area contributed by atoms with E-state index >= 15 is 0 Å². The van der Waals surface area contributed by atoms with Crippen LogP contribution in [0.1, 0.15) is 6.92 Å². The summed E-state index contributed by atoms with van der Waals surface area (Å²) in [6.45, 7) is 2.52. The maximum absolute atomic E-state index is 11.9. The van der Waals surface area contributed by atoms with Crippen LogP contribution in [0, 0.1) is 0 Å². The number of hydrogen-bond donors (Lipinski definition) is 1. The van der Waals surface area contributed by atoms with Crippen molar-refractivity contribution < 1.29 is 8.42 Å². The first-order chi connectivity index (χ1) is 7.42. The highest BCUT2D eigenvalue weighted by Crippen LogP contribution is 2.07. The Bertz CT molecular complexity index is 415. The van der Waals surface area contributed by atoms with Crippen molar-refractivity contribution in [2.24, 2.45) is 0 Å². The smallest absolute Gasteiger partial charge is 0.240 e. The summed E-state index contributed by atoms with van der Waals surface area (Å²) in [4.78, 5) is 2.25. The largest absolute Gasteiger partial charge is 0.308 e. The molecule has 1 aromatic carbocycles. The van der Waals surface area contributed by atoms with Gasteiger partial charge in [0.2, 0.25) is 10.0 Å². The fraction of sp³-hybridized carbons (Fsp3) is 0.455. The first-order valence-electron chi connectivity index (χ1n) is 5.14. The van der Waals surface area contributed by atoms with Crippen LogP contribution in [0.25, 0.3) is 0 Å². The second-order valence-electron chi connectivity index (χ2n) is 4.10. The Morgan fingerprint density at radius 2 is 1.81 bits per heavy atom. The van der Waals surface area contributed by atoms with E-state index in [-0.39, 0.29) is 6.04 Å². The van der Waals surface area contributed by atoms with E-state index in [0.717, 1.165) is 0 Å². The Morgan fingerprint density at radius 3 is 2.31 bits per heavy atom. The van der Waals surface area contributed by atoms with Crippen LogP contribution in [0.3, 0.4) is 0 Å². The SMILES string of the molecule is CC(CN(C)C)NS(=O)(=O)c1ccccc1. The molecule has 1 rings (SSSR count). The number of nitrogens with one attached hydrogen (secondary N) is 1. The highest BCUT2D eigenvalue weighted by atomic mass is 32.2. The van der Waals surface area contributed by atoms with Crippen LogP contribution >= 0.6 is 0 Å². The quantitative estimate of drug-likeness (QED) is 0.835. The van der Waals surface area contributed by atoms with Gasteiger partial charge in [0.25, 0.3) is 0 Å². The van der Waals surface area contributed by atoms with Gasteiger partial charge in [0.15, 0.2) is 0 Å². The molecule has 5 heteroatoms. The first-order valence-corrected chi connectivity index (χ1v) is 6.62. The zero-order valence-corrected chi connectivity index (χ0v) is 10.7. The highest BCUT2D eigenvalue weighted by Gasteiger charge is 2.16.